The third-order valence-corrected chi connectivity index (χ3v) is 5.65. The van der Waals surface area contributed by atoms with Gasteiger partial charge in [-0.3, -0.25) is 9.36 Å². The van der Waals surface area contributed by atoms with Crippen LogP contribution in [0.15, 0.2) is 77.6 Å². The molecule has 1 aliphatic rings. The van der Waals surface area contributed by atoms with E-state index in [4.69, 9.17) is 4.74 Å². The van der Waals surface area contributed by atoms with Gasteiger partial charge in [-0.25, -0.2) is 4.98 Å². The van der Waals surface area contributed by atoms with Crippen molar-refractivity contribution in [3.63, 3.8) is 0 Å². The first kappa shape index (κ1) is 22.0. The number of alkyl halides is 3. The van der Waals surface area contributed by atoms with Crippen molar-refractivity contribution in [1.29, 1.82) is 0 Å². The molecule has 0 saturated carbocycles. The summed E-state index contributed by atoms with van der Waals surface area (Å²) in [5.41, 5.74) is -0.556. The number of morpholine rings is 1. The number of ether oxygens (including phenoxy) is 1. The molecule has 9 heteroatoms. The quantitative estimate of drug-likeness (QED) is 0.460. The van der Waals surface area contributed by atoms with Crippen molar-refractivity contribution in [2.75, 3.05) is 36.5 Å². The van der Waals surface area contributed by atoms with Crippen LogP contribution in [0.25, 0.3) is 16.7 Å². The summed E-state index contributed by atoms with van der Waals surface area (Å²) >= 11 is 0. The highest BCUT2D eigenvalue weighted by molar-refractivity contribution is 5.86. The normalized spacial score (nSPS) is 14.4. The Morgan fingerprint density at radius 2 is 1.56 bits per heavy atom. The molecule has 5 rings (SSSR count). The molecule has 0 atom stereocenters. The van der Waals surface area contributed by atoms with Crippen LogP contribution in [-0.2, 0) is 10.9 Å². The largest absolute Gasteiger partial charge is 0.417 e. The first-order chi connectivity index (χ1) is 16.4. The molecule has 6 nitrogen and oxygen atoms in total. The van der Waals surface area contributed by atoms with Crippen molar-refractivity contribution in [2.24, 2.45) is 0 Å². The molecule has 0 radical (unpaired) electrons. The van der Waals surface area contributed by atoms with Gasteiger partial charge in [-0.05, 0) is 30.3 Å². The van der Waals surface area contributed by atoms with E-state index in [1.54, 1.807) is 33.7 Å². The lowest BCUT2D eigenvalue weighted by Gasteiger charge is -2.29. The molecule has 174 valence electrons. The van der Waals surface area contributed by atoms with Gasteiger partial charge in [0.2, 0.25) is 0 Å². The molecule has 2 aromatic heterocycles. The summed E-state index contributed by atoms with van der Waals surface area (Å²) in [4.78, 5) is 19.5. The number of pyridine rings is 2. The number of rotatable bonds is 4. The predicted octanol–water partition coefficient (Wildman–Crippen LogP) is 4.98. The molecule has 1 aliphatic heterocycles. The van der Waals surface area contributed by atoms with Crippen LogP contribution in [-0.4, -0.2) is 35.9 Å². The first-order valence-corrected chi connectivity index (χ1v) is 10.8. The van der Waals surface area contributed by atoms with Gasteiger partial charge in [0.25, 0.3) is 0 Å². The molecular weight excluding hydrogens is 445 g/mol. The van der Waals surface area contributed by atoms with Crippen molar-refractivity contribution in [3.8, 4) is 5.69 Å². The Kier molecular flexibility index (Phi) is 5.70. The molecule has 1 saturated heterocycles. The number of anilines is 3. The molecule has 3 heterocycles. The minimum absolute atomic E-state index is 0.0616. The molecule has 0 unspecified atom stereocenters. The Bertz CT molecular complexity index is 1370. The highest BCUT2D eigenvalue weighted by Crippen LogP contribution is 2.37. The zero-order valence-corrected chi connectivity index (χ0v) is 18.0. The van der Waals surface area contributed by atoms with Gasteiger partial charge >= 0.3 is 6.18 Å². The maximum atomic E-state index is 14.2. The van der Waals surface area contributed by atoms with Crippen molar-refractivity contribution < 1.29 is 17.9 Å². The van der Waals surface area contributed by atoms with Crippen LogP contribution in [0.3, 0.4) is 0 Å². The van der Waals surface area contributed by atoms with Crippen LogP contribution in [0.5, 0.6) is 0 Å². The van der Waals surface area contributed by atoms with Crippen molar-refractivity contribution >= 4 is 28.4 Å². The summed E-state index contributed by atoms with van der Waals surface area (Å²) in [5.74, 6) is 0.471. The Morgan fingerprint density at radius 1 is 0.912 bits per heavy atom. The number of hydrogen-bond acceptors (Lipinski definition) is 5. The lowest BCUT2D eigenvalue weighted by atomic mass is 10.1. The molecular formula is C25H21F3N4O2. The zero-order valence-electron chi connectivity index (χ0n) is 18.0. The summed E-state index contributed by atoms with van der Waals surface area (Å²) in [7, 11) is 0. The summed E-state index contributed by atoms with van der Waals surface area (Å²) in [6.45, 7) is 1.60. The third kappa shape index (κ3) is 4.22. The number of halogens is 3. The summed E-state index contributed by atoms with van der Waals surface area (Å²) in [5, 5.41) is 2.70. The van der Waals surface area contributed by atoms with E-state index in [0.717, 1.165) is 6.07 Å². The molecule has 0 spiro atoms. The van der Waals surface area contributed by atoms with E-state index in [9.17, 15) is 18.0 Å². The van der Waals surface area contributed by atoms with Crippen LogP contribution in [0.2, 0.25) is 0 Å². The number of benzene rings is 2. The topological polar surface area (TPSA) is 59.4 Å². The third-order valence-electron chi connectivity index (χ3n) is 5.65. The average molecular weight is 466 g/mol. The standard InChI is InChI=1S/C25H21F3N4O2/c26-25(27,28)19-15-21(31-11-13-34-14-12-31)30-24-23(19)20(33)16-22(29-17-7-3-1-4-8-17)32(24)18-9-5-2-6-10-18/h1-10,15-16,29H,11-14H2. The molecule has 0 amide bonds. The molecule has 0 bridgehead atoms. The van der Waals surface area contributed by atoms with E-state index in [0.29, 0.717) is 43.5 Å². The van der Waals surface area contributed by atoms with Crippen LogP contribution in [0, 0.1) is 0 Å². The maximum absolute atomic E-state index is 14.2. The fourth-order valence-electron chi connectivity index (χ4n) is 4.08. The van der Waals surface area contributed by atoms with Crippen molar-refractivity contribution in [2.45, 2.75) is 6.18 Å². The number of hydrogen-bond donors (Lipinski definition) is 1. The highest BCUT2D eigenvalue weighted by Gasteiger charge is 2.36. The highest BCUT2D eigenvalue weighted by atomic mass is 19.4. The van der Waals surface area contributed by atoms with Crippen molar-refractivity contribution in [3.05, 3.63) is 88.6 Å². The molecule has 2 aromatic carbocycles. The zero-order chi connectivity index (χ0) is 23.7. The second-order valence-corrected chi connectivity index (χ2v) is 7.88. The van der Waals surface area contributed by atoms with E-state index in [2.05, 4.69) is 10.3 Å². The maximum Gasteiger partial charge on any atom is 0.417 e. The van der Waals surface area contributed by atoms with Crippen LogP contribution < -0.4 is 15.6 Å². The summed E-state index contributed by atoms with van der Waals surface area (Å²) in [6, 6.07) is 20.2. The smallest absolute Gasteiger partial charge is 0.378 e. The number of nitrogens with one attached hydrogen (secondary N) is 1. The van der Waals surface area contributed by atoms with Gasteiger partial charge in [0.05, 0.1) is 24.2 Å². The molecule has 4 aromatic rings. The van der Waals surface area contributed by atoms with Gasteiger partial charge in [-0.2, -0.15) is 13.2 Å². The fraction of sp³-hybridized carbons (Fsp3) is 0.200. The Hall–Kier alpha value is -3.85. The van der Waals surface area contributed by atoms with Gasteiger partial charge in [0.15, 0.2) is 11.1 Å². The average Bonchev–Trinajstić information content (AvgIpc) is 2.84. The summed E-state index contributed by atoms with van der Waals surface area (Å²) < 4.78 is 49.5. The first-order valence-electron chi connectivity index (χ1n) is 10.8. The van der Waals surface area contributed by atoms with E-state index < -0.39 is 22.6 Å². The van der Waals surface area contributed by atoms with Crippen LogP contribution in [0.1, 0.15) is 5.56 Å². The van der Waals surface area contributed by atoms with Crippen LogP contribution >= 0.6 is 0 Å². The van der Waals surface area contributed by atoms with Gasteiger partial charge in [-0.1, -0.05) is 36.4 Å². The Balaban J connectivity index is 1.84. The van der Waals surface area contributed by atoms with Gasteiger partial charge in [-0.15, -0.1) is 0 Å². The lowest BCUT2D eigenvalue weighted by molar-refractivity contribution is -0.136. The van der Waals surface area contributed by atoms with E-state index >= 15 is 0 Å². The number of para-hydroxylation sites is 2. The fourth-order valence-corrected chi connectivity index (χ4v) is 4.08. The minimum atomic E-state index is -4.73. The second kappa shape index (κ2) is 8.83. The Morgan fingerprint density at radius 3 is 2.21 bits per heavy atom. The van der Waals surface area contributed by atoms with Crippen molar-refractivity contribution in [1.82, 2.24) is 9.55 Å². The molecule has 1 fully saturated rings. The molecule has 34 heavy (non-hydrogen) atoms. The van der Waals surface area contributed by atoms with E-state index in [1.165, 1.54) is 6.07 Å². The number of fused-ring (bicyclic) bond motifs is 1. The monoisotopic (exact) mass is 466 g/mol. The predicted molar refractivity (Wildman–Crippen MR) is 125 cm³/mol. The van der Waals surface area contributed by atoms with Gasteiger partial charge in [0.1, 0.15) is 11.6 Å². The Labute approximate surface area is 193 Å². The van der Waals surface area contributed by atoms with E-state index in [1.807, 2.05) is 36.4 Å². The van der Waals surface area contributed by atoms with Crippen LogP contribution in [0.4, 0.5) is 30.5 Å². The number of nitrogens with zero attached hydrogens (tertiary/aromatic N) is 3. The SMILES string of the molecule is O=c1cc(Nc2ccccc2)n(-c2ccccc2)c2nc(N3CCOCC3)cc(C(F)(F)F)c12. The van der Waals surface area contributed by atoms with Gasteiger partial charge < -0.3 is 15.0 Å². The second-order valence-electron chi connectivity index (χ2n) is 7.88. The molecule has 0 aliphatic carbocycles. The van der Waals surface area contributed by atoms with E-state index in [-0.39, 0.29) is 11.5 Å². The number of aromatic nitrogens is 2. The summed E-state index contributed by atoms with van der Waals surface area (Å²) in [6.07, 6.45) is -4.73. The minimum Gasteiger partial charge on any atom is -0.378 e. The van der Waals surface area contributed by atoms with Gasteiger partial charge in [0, 0.05) is 30.5 Å². The molecule has 1 N–H and O–H groups in total. The lowest BCUT2D eigenvalue weighted by Crippen LogP contribution is -2.37.